The van der Waals surface area contributed by atoms with E-state index in [-0.39, 0.29) is 18.2 Å². The molecule has 0 saturated carbocycles. The number of benzene rings is 2. The molecule has 0 radical (unpaired) electrons. The van der Waals surface area contributed by atoms with Crippen LogP contribution in [-0.2, 0) is 4.74 Å². The molecule has 0 bridgehead atoms. The van der Waals surface area contributed by atoms with E-state index in [2.05, 4.69) is 42.0 Å². The molecule has 1 aromatic heterocycles. The lowest BCUT2D eigenvalue weighted by Gasteiger charge is -2.42. The highest BCUT2D eigenvalue weighted by Gasteiger charge is 2.32. The van der Waals surface area contributed by atoms with E-state index in [1.54, 1.807) is 6.07 Å². The number of ether oxygens (including phenoxy) is 1. The van der Waals surface area contributed by atoms with E-state index in [4.69, 9.17) is 27.9 Å². The Labute approximate surface area is 211 Å². The van der Waals surface area contributed by atoms with Crippen LogP contribution >= 0.6 is 23.2 Å². The maximum absolute atomic E-state index is 12.7. The van der Waals surface area contributed by atoms with E-state index in [9.17, 15) is 4.79 Å². The van der Waals surface area contributed by atoms with Gasteiger partial charge in [-0.05, 0) is 70.0 Å². The minimum absolute atomic E-state index is 0.0510. The number of nitrogens with zero attached hydrogens (tertiary/aromatic N) is 4. The topological polar surface area (TPSA) is 50.6 Å². The van der Waals surface area contributed by atoms with Crippen molar-refractivity contribution >= 4 is 45.9 Å². The van der Waals surface area contributed by atoms with Gasteiger partial charge in [0.05, 0.1) is 23.8 Å². The third kappa shape index (κ3) is 5.13. The van der Waals surface area contributed by atoms with Crippen molar-refractivity contribution in [3.05, 3.63) is 58.2 Å². The van der Waals surface area contributed by atoms with Crippen molar-refractivity contribution in [2.24, 2.45) is 0 Å². The molecule has 1 aliphatic heterocycles. The summed E-state index contributed by atoms with van der Waals surface area (Å²) in [6.45, 7) is 12.0. The number of hydrogen-bond donors (Lipinski definition) is 0. The lowest BCUT2D eigenvalue weighted by atomic mass is 10.1. The highest BCUT2D eigenvalue weighted by atomic mass is 35.5. The second-order valence-corrected chi connectivity index (χ2v) is 10.7. The average molecular weight is 503 g/mol. The fourth-order valence-corrected chi connectivity index (χ4v) is 5.07. The van der Waals surface area contributed by atoms with E-state index in [1.807, 2.05) is 48.7 Å². The van der Waals surface area contributed by atoms with E-state index >= 15 is 0 Å². The van der Waals surface area contributed by atoms with Gasteiger partial charge >= 0.3 is 6.09 Å². The molecular formula is C26H32Cl2N4O2. The van der Waals surface area contributed by atoms with Gasteiger partial charge in [0.15, 0.2) is 0 Å². The van der Waals surface area contributed by atoms with Gasteiger partial charge in [-0.1, -0.05) is 36.2 Å². The molecule has 1 aliphatic rings. The van der Waals surface area contributed by atoms with Crippen molar-refractivity contribution in [1.29, 1.82) is 0 Å². The Morgan fingerprint density at radius 3 is 2.62 bits per heavy atom. The summed E-state index contributed by atoms with van der Waals surface area (Å²) in [7, 11) is 0. The largest absolute Gasteiger partial charge is 0.444 e. The minimum Gasteiger partial charge on any atom is -0.444 e. The van der Waals surface area contributed by atoms with Crippen LogP contribution in [0.2, 0.25) is 10.0 Å². The van der Waals surface area contributed by atoms with Crippen molar-refractivity contribution in [3.8, 4) is 0 Å². The SMILES string of the molecule is CC[C@@H]1CN(c2ccc3cnn([C@H](C)c4ccc(Cl)cc4Cl)c3c2)CCN1C(=O)OC(C)(C)C. The quantitative estimate of drug-likeness (QED) is 0.394. The molecular weight excluding hydrogens is 471 g/mol. The first-order valence-electron chi connectivity index (χ1n) is 11.7. The number of amides is 1. The van der Waals surface area contributed by atoms with E-state index < -0.39 is 5.60 Å². The molecule has 2 heterocycles. The van der Waals surface area contributed by atoms with Crippen LogP contribution < -0.4 is 4.90 Å². The van der Waals surface area contributed by atoms with Gasteiger partial charge in [0.1, 0.15) is 5.60 Å². The average Bonchev–Trinajstić information content (AvgIpc) is 3.20. The first kappa shape index (κ1) is 24.7. The molecule has 1 amide bonds. The molecule has 8 heteroatoms. The Kier molecular flexibility index (Phi) is 7.02. The molecule has 0 aliphatic carbocycles. The molecule has 2 aromatic carbocycles. The number of fused-ring (bicyclic) bond motifs is 1. The number of hydrogen-bond acceptors (Lipinski definition) is 4. The zero-order valence-corrected chi connectivity index (χ0v) is 21.9. The Morgan fingerprint density at radius 1 is 1.18 bits per heavy atom. The Balaban J connectivity index is 1.58. The Bertz CT molecular complexity index is 1190. The number of anilines is 1. The Hall–Kier alpha value is -2.44. The lowest BCUT2D eigenvalue weighted by Crippen LogP contribution is -2.56. The molecule has 34 heavy (non-hydrogen) atoms. The van der Waals surface area contributed by atoms with Gasteiger partial charge < -0.3 is 14.5 Å². The summed E-state index contributed by atoms with van der Waals surface area (Å²) in [6, 6.07) is 12.0. The number of rotatable bonds is 4. The second kappa shape index (κ2) is 9.67. The molecule has 1 fully saturated rings. The number of halogens is 2. The van der Waals surface area contributed by atoms with E-state index in [1.165, 1.54) is 0 Å². The zero-order valence-electron chi connectivity index (χ0n) is 20.4. The fraction of sp³-hybridized carbons (Fsp3) is 0.462. The molecule has 1 saturated heterocycles. The lowest BCUT2D eigenvalue weighted by molar-refractivity contribution is 0.0137. The summed E-state index contributed by atoms with van der Waals surface area (Å²) < 4.78 is 7.64. The predicted molar refractivity (Wildman–Crippen MR) is 139 cm³/mol. The third-order valence-electron chi connectivity index (χ3n) is 6.31. The van der Waals surface area contributed by atoms with Gasteiger partial charge in [-0.15, -0.1) is 0 Å². The zero-order chi connectivity index (χ0) is 24.6. The molecule has 0 spiro atoms. The van der Waals surface area contributed by atoms with Crippen LogP contribution in [0.15, 0.2) is 42.6 Å². The van der Waals surface area contributed by atoms with Gasteiger partial charge in [-0.2, -0.15) is 5.10 Å². The maximum atomic E-state index is 12.7. The van der Waals surface area contributed by atoms with Crippen LogP contribution in [0.5, 0.6) is 0 Å². The number of carbonyl (C=O) groups is 1. The molecule has 0 N–H and O–H groups in total. The molecule has 3 aromatic rings. The second-order valence-electron chi connectivity index (χ2n) is 9.86. The number of piperazine rings is 1. The molecule has 2 atom stereocenters. The van der Waals surface area contributed by atoms with Crippen LogP contribution in [0.25, 0.3) is 10.9 Å². The van der Waals surface area contributed by atoms with E-state index in [0.29, 0.717) is 16.6 Å². The number of carbonyl (C=O) groups excluding carboxylic acids is 1. The molecule has 182 valence electrons. The predicted octanol–water partition coefficient (Wildman–Crippen LogP) is 6.79. The first-order valence-corrected chi connectivity index (χ1v) is 12.5. The van der Waals surface area contributed by atoms with Crippen LogP contribution in [0.1, 0.15) is 52.6 Å². The summed E-state index contributed by atoms with van der Waals surface area (Å²) >= 11 is 12.6. The van der Waals surface area contributed by atoms with Gasteiger partial charge in [0.2, 0.25) is 0 Å². The van der Waals surface area contributed by atoms with Crippen LogP contribution in [0.3, 0.4) is 0 Å². The highest BCUT2D eigenvalue weighted by molar-refractivity contribution is 6.35. The third-order valence-corrected chi connectivity index (χ3v) is 6.87. The van der Waals surface area contributed by atoms with Gasteiger partial charge in [-0.3, -0.25) is 4.68 Å². The number of aromatic nitrogens is 2. The molecule has 6 nitrogen and oxygen atoms in total. The van der Waals surface area contributed by atoms with E-state index in [0.717, 1.165) is 41.7 Å². The van der Waals surface area contributed by atoms with Gasteiger partial charge in [0, 0.05) is 40.8 Å². The van der Waals surface area contributed by atoms with Crippen LogP contribution in [0.4, 0.5) is 10.5 Å². The van der Waals surface area contributed by atoms with Gasteiger partial charge in [-0.25, -0.2) is 4.79 Å². The first-order chi connectivity index (χ1) is 16.1. The smallest absolute Gasteiger partial charge is 0.410 e. The van der Waals surface area contributed by atoms with Crippen molar-refractivity contribution in [3.63, 3.8) is 0 Å². The summed E-state index contributed by atoms with van der Waals surface area (Å²) in [5.74, 6) is 0. The van der Waals surface area contributed by atoms with Crippen molar-refractivity contribution < 1.29 is 9.53 Å². The normalized spacial score (nSPS) is 17.8. The highest BCUT2D eigenvalue weighted by Crippen LogP contribution is 2.32. The van der Waals surface area contributed by atoms with Crippen molar-refractivity contribution in [2.45, 2.75) is 58.7 Å². The summed E-state index contributed by atoms with van der Waals surface area (Å²) in [6.07, 6.45) is 2.51. The van der Waals surface area contributed by atoms with Crippen LogP contribution in [0, 0.1) is 0 Å². The van der Waals surface area contributed by atoms with Crippen molar-refractivity contribution in [2.75, 3.05) is 24.5 Å². The Morgan fingerprint density at radius 2 is 1.94 bits per heavy atom. The standard InChI is InChI=1S/C26H32Cl2N4O2/c1-6-20-16-30(11-12-31(20)25(33)34-26(3,4)5)21-9-7-18-15-29-32(24(18)14-21)17(2)22-10-8-19(27)13-23(22)28/h7-10,13-15,17,20H,6,11-12,16H2,1-5H3/t17-,20-/m1/s1. The van der Waals surface area contributed by atoms with Gasteiger partial charge in [0.25, 0.3) is 0 Å². The summed E-state index contributed by atoms with van der Waals surface area (Å²) in [4.78, 5) is 16.9. The van der Waals surface area contributed by atoms with Crippen LogP contribution in [-0.4, -0.2) is 52.1 Å². The van der Waals surface area contributed by atoms with Crippen molar-refractivity contribution in [1.82, 2.24) is 14.7 Å². The monoisotopic (exact) mass is 502 g/mol. The summed E-state index contributed by atoms with van der Waals surface area (Å²) in [5, 5.41) is 6.97. The molecule has 0 unspecified atom stereocenters. The minimum atomic E-state index is -0.500. The molecule has 4 rings (SSSR count). The summed E-state index contributed by atoms with van der Waals surface area (Å²) in [5.41, 5.74) is 2.63. The fourth-order valence-electron chi connectivity index (χ4n) is 4.50. The maximum Gasteiger partial charge on any atom is 0.410 e.